The number of benzene rings is 2. The summed E-state index contributed by atoms with van der Waals surface area (Å²) in [7, 11) is 0. The van der Waals surface area contributed by atoms with Gasteiger partial charge in [0.25, 0.3) is 0 Å². The number of aromatic nitrogens is 2. The van der Waals surface area contributed by atoms with E-state index in [1.165, 1.54) is 18.4 Å². The van der Waals surface area contributed by atoms with E-state index in [0.29, 0.717) is 6.54 Å². The quantitative estimate of drug-likeness (QED) is 0.568. The van der Waals surface area contributed by atoms with Crippen LogP contribution in [-0.4, -0.2) is 23.1 Å². The fourth-order valence-electron chi connectivity index (χ4n) is 3.01. The number of para-hydroxylation sites is 2. The van der Waals surface area contributed by atoms with Crippen molar-refractivity contribution in [1.82, 2.24) is 9.97 Å². The molecule has 4 heteroatoms. The van der Waals surface area contributed by atoms with Gasteiger partial charge in [-0.25, -0.2) is 4.98 Å². The lowest BCUT2D eigenvalue weighted by Crippen LogP contribution is -2.16. The number of aromatic amines is 1. The van der Waals surface area contributed by atoms with E-state index in [1.54, 1.807) is 0 Å². The SMILES string of the molecule is CCCCCOc1ccc(CC(CN)c2nc3ccccc3[nH]2)cc1. The number of nitrogens with two attached hydrogens (primary N) is 1. The number of nitrogens with one attached hydrogen (secondary N) is 1. The van der Waals surface area contributed by atoms with Crippen molar-refractivity contribution < 1.29 is 4.74 Å². The number of hydrogen-bond acceptors (Lipinski definition) is 3. The van der Waals surface area contributed by atoms with Crippen LogP contribution in [0.3, 0.4) is 0 Å². The molecule has 1 unspecified atom stereocenters. The molecular formula is C21H27N3O. The third-order valence-corrected chi connectivity index (χ3v) is 4.50. The number of imidazole rings is 1. The lowest BCUT2D eigenvalue weighted by Gasteiger charge is -2.13. The standard InChI is InChI=1S/C21H27N3O/c1-2-3-6-13-25-18-11-9-16(10-12-18)14-17(15-22)21-23-19-7-4-5-8-20(19)24-21/h4-5,7-12,17H,2-3,6,13-15,22H2,1H3,(H,23,24). The van der Waals surface area contributed by atoms with E-state index in [4.69, 9.17) is 15.5 Å². The summed E-state index contributed by atoms with van der Waals surface area (Å²) in [5.41, 5.74) is 9.32. The van der Waals surface area contributed by atoms with E-state index in [9.17, 15) is 0 Å². The zero-order valence-electron chi connectivity index (χ0n) is 14.9. The molecule has 0 radical (unpaired) electrons. The molecule has 1 atom stereocenters. The average Bonchev–Trinajstić information content (AvgIpc) is 3.08. The zero-order valence-corrected chi connectivity index (χ0v) is 14.9. The third-order valence-electron chi connectivity index (χ3n) is 4.50. The normalized spacial score (nSPS) is 12.4. The lowest BCUT2D eigenvalue weighted by molar-refractivity contribution is 0.306. The van der Waals surface area contributed by atoms with Gasteiger partial charge in [0, 0.05) is 12.5 Å². The molecule has 1 aromatic heterocycles. The molecule has 0 spiro atoms. The van der Waals surface area contributed by atoms with E-state index in [0.717, 1.165) is 42.1 Å². The summed E-state index contributed by atoms with van der Waals surface area (Å²) in [5, 5.41) is 0. The second-order valence-electron chi connectivity index (χ2n) is 6.48. The van der Waals surface area contributed by atoms with Gasteiger partial charge < -0.3 is 15.5 Å². The summed E-state index contributed by atoms with van der Waals surface area (Å²) in [5.74, 6) is 2.08. The Kier molecular flexibility index (Phi) is 6.07. The molecule has 0 amide bonds. The first kappa shape index (κ1) is 17.5. The van der Waals surface area contributed by atoms with Gasteiger partial charge in [-0.1, -0.05) is 44.0 Å². The Labute approximate surface area is 149 Å². The van der Waals surface area contributed by atoms with E-state index in [1.807, 2.05) is 36.4 Å². The minimum absolute atomic E-state index is 0.184. The molecule has 0 saturated carbocycles. The van der Waals surface area contributed by atoms with Gasteiger partial charge in [-0.05, 0) is 42.7 Å². The minimum atomic E-state index is 0.184. The monoisotopic (exact) mass is 337 g/mol. The van der Waals surface area contributed by atoms with Crippen LogP contribution in [0.4, 0.5) is 0 Å². The van der Waals surface area contributed by atoms with Crippen molar-refractivity contribution in [3.8, 4) is 5.75 Å². The Balaban J connectivity index is 1.63. The van der Waals surface area contributed by atoms with Gasteiger partial charge in [0.15, 0.2) is 0 Å². The number of nitrogens with zero attached hydrogens (tertiary/aromatic N) is 1. The number of hydrogen-bond donors (Lipinski definition) is 2. The maximum Gasteiger partial charge on any atom is 0.119 e. The predicted molar refractivity (Wildman–Crippen MR) is 103 cm³/mol. The first-order chi connectivity index (χ1) is 12.3. The van der Waals surface area contributed by atoms with Crippen LogP contribution in [0.5, 0.6) is 5.75 Å². The zero-order chi connectivity index (χ0) is 17.5. The van der Waals surface area contributed by atoms with Crippen molar-refractivity contribution >= 4 is 11.0 Å². The van der Waals surface area contributed by atoms with E-state index in [2.05, 4.69) is 24.0 Å². The molecule has 0 fully saturated rings. The summed E-state index contributed by atoms with van der Waals surface area (Å²) >= 11 is 0. The molecule has 2 aromatic carbocycles. The lowest BCUT2D eigenvalue weighted by atomic mass is 9.99. The molecule has 3 aromatic rings. The summed E-state index contributed by atoms with van der Waals surface area (Å²) in [6.07, 6.45) is 4.41. The van der Waals surface area contributed by atoms with Gasteiger partial charge in [0.2, 0.25) is 0 Å². The highest BCUT2D eigenvalue weighted by Gasteiger charge is 2.15. The van der Waals surface area contributed by atoms with Gasteiger partial charge in [-0.15, -0.1) is 0 Å². The first-order valence-electron chi connectivity index (χ1n) is 9.16. The fourth-order valence-corrected chi connectivity index (χ4v) is 3.01. The van der Waals surface area contributed by atoms with Crippen molar-refractivity contribution in [3.63, 3.8) is 0 Å². The molecule has 25 heavy (non-hydrogen) atoms. The Hall–Kier alpha value is -2.33. The van der Waals surface area contributed by atoms with Crippen molar-refractivity contribution in [1.29, 1.82) is 0 Å². The largest absolute Gasteiger partial charge is 0.494 e. The van der Waals surface area contributed by atoms with Gasteiger partial charge >= 0.3 is 0 Å². The summed E-state index contributed by atoms with van der Waals surface area (Å²) in [6.45, 7) is 3.55. The molecule has 1 heterocycles. The molecule has 0 saturated heterocycles. The Bertz CT molecular complexity index is 746. The molecule has 0 aliphatic heterocycles. The Morgan fingerprint density at radius 1 is 1.08 bits per heavy atom. The fraction of sp³-hybridized carbons (Fsp3) is 0.381. The topological polar surface area (TPSA) is 63.9 Å². The Morgan fingerprint density at radius 3 is 2.60 bits per heavy atom. The predicted octanol–water partition coefficient (Wildman–Crippen LogP) is 4.42. The highest BCUT2D eigenvalue weighted by atomic mass is 16.5. The van der Waals surface area contributed by atoms with E-state index < -0.39 is 0 Å². The highest BCUT2D eigenvalue weighted by Crippen LogP contribution is 2.22. The highest BCUT2D eigenvalue weighted by molar-refractivity contribution is 5.74. The van der Waals surface area contributed by atoms with Crippen LogP contribution >= 0.6 is 0 Å². The van der Waals surface area contributed by atoms with Crippen molar-refractivity contribution in [2.75, 3.05) is 13.2 Å². The number of fused-ring (bicyclic) bond motifs is 1. The first-order valence-corrected chi connectivity index (χ1v) is 9.16. The number of unbranched alkanes of at least 4 members (excludes halogenated alkanes) is 2. The summed E-state index contributed by atoms with van der Waals surface area (Å²) in [6, 6.07) is 16.4. The molecule has 4 nitrogen and oxygen atoms in total. The molecule has 3 N–H and O–H groups in total. The van der Waals surface area contributed by atoms with Gasteiger partial charge in [0.1, 0.15) is 11.6 Å². The van der Waals surface area contributed by atoms with Crippen LogP contribution in [-0.2, 0) is 6.42 Å². The summed E-state index contributed by atoms with van der Waals surface area (Å²) < 4.78 is 5.78. The van der Waals surface area contributed by atoms with Crippen LogP contribution in [0.2, 0.25) is 0 Å². The average molecular weight is 337 g/mol. The van der Waals surface area contributed by atoms with Crippen molar-refractivity contribution in [2.24, 2.45) is 5.73 Å². The number of H-pyrrole nitrogens is 1. The van der Waals surface area contributed by atoms with E-state index in [-0.39, 0.29) is 5.92 Å². The smallest absolute Gasteiger partial charge is 0.119 e. The second-order valence-corrected chi connectivity index (χ2v) is 6.48. The molecular weight excluding hydrogens is 310 g/mol. The van der Waals surface area contributed by atoms with Crippen LogP contribution in [0.25, 0.3) is 11.0 Å². The molecule has 3 rings (SSSR count). The summed E-state index contributed by atoms with van der Waals surface area (Å²) in [4.78, 5) is 8.10. The van der Waals surface area contributed by atoms with Gasteiger partial charge in [-0.3, -0.25) is 0 Å². The van der Waals surface area contributed by atoms with Crippen LogP contribution in [0.15, 0.2) is 48.5 Å². The van der Waals surface area contributed by atoms with E-state index >= 15 is 0 Å². The maximum atomic E-state index is 6.01. The molecule has 0 aliphatic carbocycles. The second kappa shape index (κ2) is 8.67. The van der Waals surface area contributed by atoms with Crippen LogP contribution in [0.1, 0.15) is 43.5 Å². The van der Waals surface area contributed by atoms with Crippen LogP contribution < -0.4 is 10.5 Å². The van der Waals surface area contributed by atoms with Crippen molar-refractivity contribution in [2.45, 2.75) is 38.5 Å². The third kappa shape index (κ3) is 4.60. The van der Waals surface area contributed by atoms with Crippen LogP contribution in [0, 0.1) is 0 Å². The van der Waals surface area contributed by atoms with Gasteiger partial charge in [0.05, 0.1) is 17.6 Å². The van der Waals surface area contributed by atoms with Crippen molar-refractivity contribution in [3.05, 3.63) is 59.9 Å². The minimum Gasteiger partial charge on any atom is -0.494 e. The Morgan fingerprint density at radius 2 is 1.88 bits per heavy atom. The molecule has 0 bridgehead atoms. The number of ether oxygens (including phenoxy) is 1. The van der Waals surface area contributed by atoms with Gasteiger partial charge in [-0.2, -0.15) is 0 Å². The molecule has 132 valence electrons. The molecule has 0 aliphatic rings. The number of rotatable bonds is 9. The maximum absolute atomic E-state index is 6.01.